The lowest BCUT2D eigenvalue weighted by atomic mass is 10.2. The Kier molecular flexibility index (Phi) is 3.78. The van der Waals surface area contributed by atoms with Gasteiger partial charge in [0.2, 0.25) is 0 Å². The molecule has 7 heteroatoms. The van der Waals surface area contributed by atoms with E-state index in [0.717, 1.165) is 10.9 Å². The summed E-state index contributed by atoms with van der Waals surface area (Å²) < 4.78 is 15.7. The number of rotatable bonds is 3. The summed E-state index contributed by atoms with van der Waals surface area (Å²) in [5, 5.41) is 14.4. The molecular formula is C19H13FN6. The average molecular weight is 344 g/mol. The molecule has 0 saturated carbocycles. The number of nitriles is 1. The molecule has 0 fully saturated rings. The lowest BCUT2D eigenvalue weighted by molar-refractivity contribution is 0.590. The molecule has 0 aliphatic rings. The zero-order valence-corrected chi connectivity index (χ0v) is 13.6. The molecule has 2 aromatic heterocycles. The first-order chi connectivity index (χ1) is 12.7. The minimum Gasteiger partial charge on any atom is -0.382 e. The van der Waals surface area contributed by atoms with Crippen molar-refractivity contribution in [1.82, 2.24) is 19.7 Å². The van der Waals surface area contributed by atoms with E-state index in [0.29, 0.717) is 17.1 Å². The molecule has 26 heavy (non-hydrogen) atoms. The summed E-state index contributed by atoms with van der Waals surface area (Å²) in [6.45, 7) is 0.277. The second kappa shape index (κ2) is 6.26. The fourth-order valence-corrected chi connectivity index (χ4v) is 2.80. The van der Waals surface area contributed by atoms with Gasteiger partial charge in [0, 0.05) is 10.9 Å². The molecule has 0 amide bonds. The van der Waals surface area contributed by atoms with Gasteiger partial charge in [-0.15, -0.1) is 0 Å². The van der Waals surface area contributed by atoms with Crippen LogP contribution in [0.2, 0.25) is 0 Å². The Hall–Kier alpha value is -3.79. The summed E-state index contributed by atoms with van der Waals surface area (Å²) in [6.07, 6.45) is 1.38. The van der Waals surface area contributed by atoms with Gasteiger partial charge in [0.25, 0.3) is 0 Å². The average Bonchev–Trinajstić information content (AvgIpc) is 3.02. The molecule has 4 aromatic rings. The third kappa shape index (κ3) is 2.63. The summed E-state index contributed by atoms with van der Waals surface area (Å²) in [5.74, 6) is 0.141. The molecule has 0 bridgehead atoms. The SMILES string of the molecule is N#Cc1cnc(-c2nn(Cc3ccccc3F)c3ccccc23)nc1N. The highest BCUT2D eigenvalue weighted by Gasteiger charge is 2.16. The molecule has 0 aliphatic carbocycles. The van der Waals surface area contributed by atoms with Crippen molar-refractivity contribution in [3.8, 4) is 17.6 Å². The van der Waals surface area contributed by atoms with Gasteiger partial charge in [0.1, 0.15) is 29.0 Å². The van der Waals surface area contributed by atoms with Crippen molar-refractivity contribution in [2.75, 3.05) is 5.73 Å². The van der Waals surface area contributed by atoms with Crippen LogP contribution in [0.25, 0.3) is 22.4 Å². The molecule has 6 nitrogen and oxygen atoms in total. The highest BCUT2D eigenvalue weighted by Crippen LogP contribution is 2.27. The predicted molar refractivity (Wildman–Crippen MR) is 95.4 cm³/mol. The summed E-state index contributed by atoms with van der Waals surface area (Å²) >= 11 is 0. The van der Waals surface area contributed by atoms with E-state index in [1.807, 2.05) is 30.3 Å². The van der Waals surface area contributed by atoms with Crippen LogP contribution in [0.5, 0.6) is 0 Å². The largest absolute Gasteiger partial charge is 0.382 e. The van der Waals surface area contributed by atoms with Crippen LogP contribution in [-0.4, -0.2) is 19.7 Å². The van der Waals surface area contributed by atoms with Crippen molar-refractivity contribution in [2.45, 2.75) is 6.54 Å². The minimum atomic E-state index is -0.285. The van der Waals surface area contributed by atoms with E-state index in [1.54, 1.807) is 22.9 Å². The molecule has 0 aliphatic heterocycles. The first-order valence-corrected chi connectivity index (χ1v) is 7.89. The van der Waals surface area contributed by atoms with Crippen LogP contribution < -0.4 is 5.73 Å². The van der Waals surface area contributed by atoms with Crippen LogP contribution in [0.15, 0.2) is 54.7 Å². The number of nitrogen functional groups attached to an aromatic ring is 1. The molecule has 2 N–H and O–H groups in total. The van der Waals surface area contributed by atoms with Crippen molar-refractivity contribution in [3.05, 3.63) is 71.7 Å². The van der Waals surface area contributed by atoms with E-state index in [4.69, 9.17) is 11.0 Å². The molecule has 2 aromatic carbocycles. The van der Waals surface area contributed by atoms with E-state index in [9.17, 15) is 4.39 Å². The molecule has 0 spiro atoms. The third-order valence-corrected chi connectivity index (χ3v) is 4.09. The van der Waals surface area contributed by atoms with Gasteiger partial charge in [0.05, 0.1) is 18.3 Å². The summed E-state index contributed by atoms with van der Waals surface area (Å²) in [5.41, 5.74) is 7.92. The van der Waals surface area contributed by atoms with Gasteiger partial charge in [-0.3, -0.25) is 4.68 Å². The van der Waals surface area contributed by atoms with Crippen molar-refractivity contribution in [3.63, 3.8) is 0 Å². The third-order valence-electron chi connectivity index (χ3n) is 4.09. The molecule has 126 valence electrons. The topological polar surface area (TPSA) is 93.4 Å². The Bertz CT molecular complexity index is 1160. The smallest absolute Gasteiger partial charge is 0.182 e. The number of nitrogens with two attached hydrogens (primary N) is 1. The quantitative estimate of drug-likeness (QED) is 0.616. The normalized spacial score (nSPS) is 10.8. The number of nitrogens with zero attached hydrogens (tertiary/aromatic N) is 5. The van der Waals surface area contributed by atoms with Crippen molar-refractivity contribution < 1.29 is 4.39 Å². The number of benzene rings is 2. The lowest BCUT2D eigenvalue weighted by Crippen LogP contribution is -2.04. The van der Waals surface area contributed by atoms with Gasteiger partial charge in [0.15, 0.2) is 5.82 Å². The Labute approximate surface area is 148 Å². The maximum absolute atomic E-state index is 14.0. The second-order valence-corrected chi connectivity index (χ2v) is 5.72. The Morgan fingerprint density at radius 2 is 1.88 bits per heavy atom. The van der Waals surface area contributed by atoms with Crippen molar-refractivity contribution in [1.29, 1.82) is 5.26 Å². The van der Waals surface area contributed by atoms with Gasteiger partial charge < -0.3 is 5.73 Å². The highest BCUT2D eigenvalue weighted by molar-refractivity contribution is 5.91. The molecule has 2 heterocycles. The number of aromatic nitrogens is 4. The number of halogens is 1. The van der Waals surface area contributed by atoms with Gasteiger partial charge in [-0.25, -0.2) is 14.4 Å². The van der Waals surface area contributed by atoms with Crippen molar-refractivity contribution >= 4 is 16.7 Å². The highest BCUT2D eigenvalue weighted by atomic mass is 19.1. The molecular weight excluding hydrogens is 331 g/mol. The van der Waals surface area contributed by atoms with E-state index in [2.05, 4.69) is 15.1 Å². The molecule has 4 rings (SSSR count). The minimum absolute atomic E-state index is 0.102. The Morgan fingerprint density at radius 3 is 2.65 bits per heavy atom. The number of hydrogen-bond donors (Lipinski definition) is 1. The first-order valence-electron chi connectivity index (χ1n) is 7.89. The zero-order chi connectivity index (χ0) is 18.1. The summed E-state index contributed by atoms with van der Waals surface area (Å²) in [7, 11) is 0. The van der Waals surface area contributed by atoms with Gasteiger partial charge in [-0.05, 0) is 12.1 Å². The fourth-order valence-electron chi connectivity index (χ4n) is 2.80. The van der Waals surface area contributed by atoms with E-state index >= 15 is 0 Å². The van der Waals surface area contributed by atoms with Crippen LogP contribution in [0.4, 0.5) is 10.2 Å². The molecule has 0 atom stereocenters. The summed E-state index contributed by atoms with van der Waals surface area (Å²) in [6, 6.07) is 16.1. The van der Waals surface area contributed by atoms with E-state index in [-0.39, 0.29) is 23.7 Å². The second-order valence-electron chi connectivity index (χ2n) is 5.72. The van der Waals surface area contributed by atoms with Crippen LogP contribution in [0, 0.1) is 17.1 Å². The predicted octanol–water partition coefficient (Wildman–Crippen LogP) is 3.13. The van der Waals surface area contributed by atoms with Gasteiger partial charge in [-0.1, -0.05) is 36.4 Å². The first kappa shape index (κ1) is 15.7. The standard InChI is InChI=1S/C19H13FN6/c20-15-7-3-1-5-12(15)11-26-16-8-4-2-6-14(16)17(25-26)19-23-10-13(9-21)18(22)24-19/h1-8,10H,11H2,(H2,22,23,24). The van der Waals surface area contributed by atoms with Crippen molar-refractivity contribution in [2.24, 2.45) is 0 Å². The van der Waals surface area contributed by atoms with Crippen LogP contribution in [0.3, 0.4) is 0 Å². The zero-order valence-electron chi connectivity index (χ0n) is 13.6. The number of fused-ring (bicyclic) bond motifs is 1. The maximum atomic E-state index is 14.0. The van der Waals surface area contributed by atoms with Gasteiger partial charge >= 0.3 is 0 Å². The van der Waals surface area contributed by atoms with E-state index in [1.165, 1.54) is 12.3 Å². The van der Waals surface area contributed by atoms with Crippen LogP contribution >= 0.6 is 0 Å². The molecule has 0 unspecified atom stereocenters. The Morgan fingerprint density at radius 1 is 1.12 bits per heavy atom. The number of anilines is 1. The van der Waals surface area contributed by atoms with E-state index < -0.39 is 0 Å². The molecule has 0 saturated heterocycles. The number of hydrogen-bond acceptors (Lipinski definition) is 5. The lowest BCUT2D eigenvalue weighted by Gasteiger charge is -2.04. The molecule has 0 radical (unpaired) electrons. The monoisotopic (exact) mass is 344 g/mol. The fraction of sp³-hybridized carbons (Fsp3) is 0.0526. The van der Waals surface area contributed by atoms with Gasteiger partial charge in [-0.2, -0.15) is 10.4 Å². The number of para-hydroxylation sites is 1. The van der Waals surface area contributed by atoms with Crippen LogP contribution in [-0.2, 0) is 6.54 Å². The maximum Gasteiger partial charge on any atom is 0.182 e. The summed E-state index contributed by atoms with van der Waals surface area (Å²) in [4.78, 5) is 8.40. The Balaban J connectivity index is 1.86. The van der Waals surface area contributed by atoms with Crippen LogP contribution in [0.1, 0.15) is 11.1 Å².